The second kappa shape index (κ2) is 7.47. The highest BCUT2D eigenvalue weighted by molar-refractivity contribution is 6.40. The number of halogens is 2. The maximum absolute atomic E-state index is 11.7. The van der Waals surface area contributed by atoms with Gasteiger partial charge in [-0.25, -0.2) is 0 Å². The second-order valence-electron chi connectivity index (χ2n) is 4.40. The molecule has 0 unspecified atom stereocenters. The maximum atomic E-state index is 11.7. The molecule has 0 spiro atoms. The number of anilines is 2. The van der Waals surface area contributed by atoms with Gasteiger partial charge in [0, 0.05) is 12.6 Å². The second-order valence-corrected chi connectivity index (χ2v) is 5.22. The first-order chi connectivity index (χ1) is 9.29. The average Bonchev–Trinajstić information content (AvgIpc) is 2.30. The molecule has 0 radical (unpaired) electrons. The molecular formula is C13H16Cl2N2O3. The summed E-state index contributed by atoms with van der Waals surface area (Å²) in [6.45, 7) is 4.95. The summed E-state index contributed by atoms with van der Waals surface area (Å²) in [5, 5.41) is 5.61. The third kappa shape index (κ3) is 5.36. The van der Waals surface area contributed by atoms with Gasteiger partial charge in [0.1, 0.15) is 6.61 Å². The zero-order chi connectivity index (χ0) is 15.3. The fourth-order valence-electron chi connectivity index (χ4n) is 1.39. The van der Waals surface area contributed by atoms with Crippen LogP contribution in [-0.4, -0.2) is 24.5 Å². The summed E-state index contributed by atoms with van der Waals surface area (Å²) in [5.74, 6) is -0.589. The van der Waals surface area contributed by atoms with Crippen LogP contribution in [0.15, 0.2) is 12.1 Å². The number of hydrogen-bond donors (Lipinski definition) is 2. The van der Waals surface area contributed by atoms with Gasteiger partial charge in [-0.15, -0.1) is 0 Å². The van der Waals surface area contributed by atoms with Gasteiger partial charge >= 0.3 is 0 Å². The van der Waals surface area contributed by atoms with Gasteiger partial charge in [-0.3, -0.25) is 9.59 Å². The van der Waals surface area contributed by atoms with Crippen molar-refractivity contribution < 1.29 is 14.3 Å². The Kier molecular flexibility index (Phi) is 6.26. The van der Waals surface area contributed by atoms with Crippen molar-refractivity contribution in [1.29, 1.82) is 0 Å². The van der Waals surface area contributed by atoms with Crippen LogP contribution in [0.2, 0.25) is 10.0 Å². The van der Waals surface area contributed by atoms with Gasteiger partial charge in [0.15, 0.2) is 0 Å². The van der Waals surface area contributed by atoms with E-state index in [0.29, 0.717) is 11.4 Å². The lowest BCUT2D eigenvalue weighted by Gasteiger charge is -2.12. The molecule has 0 aliphatic rings. The number of amides is 2. The van der Waals surface area contributed by atoms with Crippen LogP contribution in [0.25, 0.3) is 0 Å². The van der Waals surface area contributed by atoms with Crippen molar-refractivity contribution in [2.45, 2.75) is 26.9 Å². The van der Waals surface area contributed by atoms with E-state index >= 15 is 0 Å². The molecule has 20 heavy (non-hydrogen) atoms. The molecule has 0 saturated carbocycles. The number of carbonyl (C=O) groups is 2. The average molecular weight is 319 g/mol. The number of ether oxygens (including phenoxy) is 1. The van der Waals surface area contributed by atoms with Crippen LogP contribution < -0.4 is 10.6 Å². The summed E-state index contributed by atoms with van der Waals surface area (Å²) in [6, 6.07) is 3.02. The molecular weight excluding hydrogens is 303 g/mol. The molecule has 2 N–H and O–H groups in total. The van der Waals surface area contributed by atoms with Crippen molar-refractivity contribution >= 4 is 46.4 Å². The van der Waals surface area contributed by atoms with E-state index in [1.54, 1.807) is 0 Å². The summed E-state index contributed by atoms with van der Waals surface area (Å²) in [4.78, 5) is 22.6. The lowest BCUT2D eigenvalue weighted by Crippen LogP contribution is -2.21. The van der Waals surface area contributed by atoms with Crippen molar-refractivity contribution in [3.05, 3.63) is 22.2 Å². The normalized spacial score (nSPS) is 10.5. The molecule has 5 nitrogen and oxygen atoms in total. The molecule has 0 bridgehead atoms. The Morgan fingerprint density at radius 3 is 2.20 bits per heavy atom. The van der Waals surface area contributed by atoms with E-state index in [4.69, 9.17) is 27.9 Å². The smallest absolute Gasteiger partial charge is 0.250 e. The van der Waals surface area contributed by atoms with E-state index in [1.165, 1.54) is 19.1 Å². The summed E-state index contributed by atoms with van der Waals surface area (Å²) >= 11 is 12.1. The first-order valence-electron chi connectivity index (χ1n) is 5.97. The van der Waals surface area contributed by atoms with Gasteiger partial charge in [0.2, 0.25) is 11.8 Å². The van der Waals surface area contributed by atoms with Gasteiger partial charge in [0.05, 0.1) is 21.8 Å². The third-order valence-electron chi connectivity index (χ3n) is 2.17. The number of rotatable bonds is 5. The maximum Gasteiger partial charge on any atom is 0.250 e. The molecule has 0 saturated heterocycles. The molecule has 0 fully saturated rings. The summed E-state index contributed by atoms with van der Waals surface area (Å²) in [6.07, 6.45) is -0.0474. The van der Waals surface area contributed by atoms with E-state index in [9.17, 15) is 9.59 Å². The van der Waals surface area contributed by atoms with Gasteiger partial charge in [-0.1, -0.05) is 23.2 Å². The standard InChI is InChI=1S/C13H16Cl2N2O3/c1-7(2)20-6-12(19)17-13-10(14)4-9(5-11(13)15)16-8(3)18/h4-5,7H,6H2,1-3H3,(H,16,18)(H,17,19). The molecule has 0 aliphatic carbocycles. The van der Waals surface area contributed by atoms with Gasteiger partial charge < -0.3 is 15.4 Å². The van der Waals surface area contributed by atoms with Crippen LogP contribution in [0.3, 0.4) is 0 Å². The number of benzene rings is 1. The van der Waals surface area contributed by atoms with Gasteiger partial charge in [-0.05, 0) is 26.0 Å². The van der Waals surface area contributed by atoms with Crippen LogP contribution in [0.5, 0.6) is 0 Å². The number of carbonyl (C=O) groups excluding carboxylic acids is 2. The van der Waals surface area contributed by atoms with E-state index < -0.39 is 0 Å². The zero-order valence-corrected chi connectivity index (χ0v) is 12.9. The molecule has 0 aromatic heterocycles. The quantitative estimate of drug-likeness (QED) is 0.875. The minimum Gasteiger partial charge on any atom is -0.369 e. The Bertz CT molecular complexity index is 495. The van der Waals surface area contributed by atoms with E-state index in [-0.39, 0.29) is 34.6 Å². The first kappa shape index (κ1) is 16.8. The third-order valence-corrected chi connectivity index (χ3v) is 2.77. The van der Waals surface area contributed by atoms with Crippen LogP contribution in [0, 0.1) is 0 Å². The van der Waals surface area contributed by atoms with Gasteiger partial charge in [0.25, 0.3) is 0 Å². The highest BCUT2D eigenvalue weighted by Gasteiger charge is 2.12. The Morgan fingerprint density at radius 2 is 1.75 bits per heavy atom. The zero-order valence-electron chi connectivity index (χ0n) is 11.4. The number of hydrogen-bond acceptors (Lipinski definition) is 3. The van der Waals surface area contributed by atoms with Crippen molar-refractivity contribution in [1.82, 2.24) is 0 Å². The topological polar surface area (TPSA) is 67.4 Å². The van der Waals surface area contributed by atoms with E-state index in [2.05, 4.69) is 10.6 Å². The van der Waals surface area contributed by atoms with Crippen molar-refractivity contribution in [3.8, 4) is 0 Å². The van der Waals surface area contributed by atoms with Crippen LogP contribution >= 0.6 is 23.2 Å². The predicted octanol–water partition coefficient (Wildman–Crippen LogP) is 3.32. The molecule has 0 atom stereocenters. The monoisotopic (exact) mass is 318 g/mol. The summed E-state index contributed by atoms with van der Waals surface area (Å²) in [7, 11) is 0. The molecule has 0 aliphatic heterocycles. The van der Waals surface area contributed by atoms with E-state index in [0.717, 1.165) is 0 Å². The molecule has 110 valence electrons. The lowest BCUT2D eigenvalue weighted by molar-refractivity contribution is -0.122. The van der Waals surface area contributed by atoms with Crippen LogP contribution in [-0.2, 0) is 14.3 Å². The highest BCUT2D eigenvalue weighted by Crippen LogP contribution is 2.33. The molecule has 1 aromatic carbocycles. The number of nitrogens with one attached hydrogen (secondary N) is 2. The Labute approximate surface area is 127 Å². The molecule has 0 heterocycles. The van der Waals surface area contributed by atoms with Gasteiger partial charge in [-0.2, -0.15) is 0 Å². The molecule has 1 rings (SSSR count). The summed E-state index contributed by atoms with van der Waals surface area (Å²) in [5.41, 5.74) is 0.753. The minimum atomic E-state index is -0.352. The lowest BCUT2D eigenvalue weighted by atomic mass is 10.2. The van der Waals surface area contributed by atoms with E-state index in [1.807, 2.05) is 13.8 Å². The van der Waals surface area contributed by atoms with Crippen molar-refractivity contribution in [2.75, 3.05) is 17.2 Å². The molecule has 1 aromatic rings. The predicted molar refractivity (Wildman–Crippen MR) is 80.5 cm³/mol. The molecule has 7 heteroatoms. The SMILES string of the molecule is CC(=O)Nc1cc(Cl)c(NC(=O)COC(C)C)c(Cl)c1. The highest BCUT2D eigenvalue weighted by atomic mass is 35.5. The van der Waals surface area contributed by atoms with Crippen LogP contribution in [0.4, 0.5) is 11.4 Å². The van der Waals surface area contributed by atoms with Crippen LogP contribution in [0.1, 0.15) is 20.8 Å². The first-order valence-corrected chi connectivity index (χ1v) is 6.73. The Morgan fingerprint density at radius 1 is 1.20 bits per heavy atom. The fraction of sp³-hybridized carbons (Fsp3) is 0.385. The largest absolute Gasteiger partial charge is 0.369 e. The Balaban J connectivity index is 2.80. The minimum absolute atomic E-state index is 0.0474. The summed E-state index contributed by atoms with van der Waals surface area (Å²) < 4.78 is 5.18. The Hall–Kier alpha value is -1.30. The van der Waals surface area contributed by atoms with Crippen molar-refractivity contribution in [2.24, 2.45) is 0 Å². The molecule has 2 amide bonds. The fourth-order valence-corrected chi connectivity index (χ4v) is 1.97. The van der Waals surface area contributed by atoms with Crippen molar-refractivity contribution in [3.63, 3.8) is 0 Å².